The average molecular weight is 313 g/mol. The molecule has 1 unspecified atom stereocenters. The van der Waals surface area contributed by atoms with Crippen LogP contribution in [0, 0.1) is 5.82 Å². The molecule has 0 nitrogen and oxygen atoms in total. The molecule has 0 aromatic heterocycles. The molecule has 0 radical (unpaired) electrons. The Labute approximate surface area is 134 Å². The van der Waals surface area contributed by atoms with Crippen molar-refractivity contribution in [2.24, 2.45) is 0 Å². The van der Waals surface area contributed by atoms with Crippen molar-refractivity contribution in [2.75, 3.05) is 0 Å². The van der Waals surface area contributed by atoms with E-state index in [1.165, 1.54) is 16.3 Å². The second-order valence-electron chi connectivity index (χ2n) is 6.86. The lowest BCUT2D eigenvalue weighted by Gasteiger charge is -2.29. The summed E-state index contributed by atoms with van der Waals surface area (Å²) in [6, 6.07) is 18.9. The molecule has 0 N–H and O–H groups in total. The number of hydrogen-bond donors (Lipinski definition) is 0. The second-order valence-corrected chi connectivity index (χ2v) is 11.6. The maximum atomic E-state index is 13.2. The largest absolute Gasteiger partial charge is 0.207 e. The van der Waals surface area contributed by atoms with E-state index in [1.54, 1.807) is 12.1 Å². The molecule has 0 saturated carbocycles. The van der Waals surface area contributed by atoms with Gasteiger partial charge in [-0.05, 0) is 43.0 Å². The Bertz CT molecular complexity index is 614. The molecule has 116 valence electrons. The molecule has 0 amide bonds. The van der Waals surface area contributed by atoms with E-state index in [4.69, 9.17) is 0 Å². The van der Waals surface area contributed by atoms with Gasteiger partial charge < -0.3 is 0 Å². The van der Waals surface area contributed by atoms with Crippen molar-refractivity contribution in [2.45, 2.75) is 38.4 Å². The Balaban J connectivity index is 2.26. The van der Waals surface area contributed by atoms with Crippen molar-refractivity contribution in [3.8, 4) is 0 Å². The van der Waals surface area contributed by atoms with E-state index in [2.05, 4.69) is 56.9 Å². The SMILES string of the molecule is C=C(C)CC(C[Si](C)(C)c1ccccc1)c1ccc(F)cc1. The summed E-state index contributed by atoms with van der Waals surface area (Å²) in [5.74, 6) is 0.248. The van der Waals surface area contributed by atoms with Crippen LogP contribution in [0.25, 0.3) is 0 Å². The fraction of sp³-hybridized carbons (Fsp3) is 0.300. The first kappa shape index (κ1) is 16.7. The van der Waals surface area contributed by atoms with Crippen molar-refractivity contribution < 1.29 is 4.39 Å². The molecule has 0 spiro atoms. The molecular formula is C20H25FSi. The van der Waals surface area contributed by atoms with Gasteiger partial charge in [0.1, 0.15) is 5.82 Å². The molecule has 0 aliphatic rings. The quantitative estimate of drug-likeness (QED) is 0.488. The van der Waals surface area contributed by atoms with E-state index in [0.717, 1.165) is 12.5 Å². The lowest BCUT2D eigenvalue weighted by atomic mass is 9.94. The highest BCUT2D eigenvalue weighted by atomic mass is 28.3. The molecule has 0 bridgehead atoms. The van der Waals surface area contributed by atoms with Crippen LogP contribution in [0.2, 0.25) is 19.1 Å². The maximum Gasteiger partial charge on any atom is 0.123 e. The topological polar surface area (TPSA) is 0 Å². The predicted octanol–water partition coefficient (Wildman–Crippen LogP) is 5.49. The normalized spacial score (nSPS) is 12.9. The lowest BCUT2D eigenvalue weighted by molar-refractivity contribution is 0.625. The van der Waals surface area contributed by atoms with Crippen LogP contribution in [-0.2, 0) is 0 Å². The Morgan fingerprint density at radius 1 is 1.05 bits per heavy atom. The van der Waals surface area contributed by atoms with Gasteiger partial charge in [-0.25, -0.2) is 4.39 Å². The van der Waals surface area contributed by atoms with E-state index < -0.39 is 8.07 Å². The van der Waals surface area contributed by atoms with Gasteiger partial charge in [0.15, 0.2) is 0 Å². The molecule has 2 heteroatoms. The van der Waals surface area contributed by atoms with Gasteiger partial charge in [-0.2, -0.15) is 0 Å². The van der Waals surface area contributed by atoms with Crippen molar-refractivity contribution in [3.05, 3.63) is 78.1 Å². The van der Waals surface area contributed by atoms with E-state index in [0.29, 0.717) is 5.92 Å². The van der Waals surface area contributed by atoms with Crippen LogP contribution in [0.3, 0.4) is 0 Å². The van der Waals surface area contributed by atoms with E-state index >= 15 is 0 Å². The molecule has 0 heterocycles. The van der Waals surface area contributed by atoms with Crippen LogP contribution in [0.15, 0.2) is 66.7 Å². The minimum atomic E-state index is -1.54. The molecule has 0 saturated heterocycles. The number of rotatable bonds is 6. The van der Waals surface area contributed by atoms with E-state index in [1.807, 2.05) is 12.1 Å². The maximum absolute atomic E-state index is 13.2. The van der Waals surface area contributed by atoms with Gasteiger partial charge in [-0.3, -0.25) is 0 Å². The first-order valence-electron chi connectivity index (χ1n) is 7.84. The number of hydrogen-bond acceptors (Lipinski definition) is 0. The summed E-state index contributed by atoms with van der Waals surface area (Å²) in [6.45, 7) is 11.0. The lowest BCUT2D eigenvalue weighted by Crippen LogP contribution is -2.42. The fourth-order valence-corrected chi connectivity index (χ4v) is 6.03. The summed E-state index contributed by atoms with van der Waals surface area (Å²) in [5.41, 5.74) is 2.41. The van der Waals surface area contributed by atoms with Gasteiger partial charge in [0.05, 0.1) is 8.07 Å². The third-order valence-corrected chi connectivity index (χ3v) is 7.66. The van der Waals surface area contributed by atoms with E-state index in [9.17, 15) is 4.39 Å². The van der Waals surface area contributed by atoms with Crippen LogP contribution in [0.5, 0.6) is 0 Å². The van der Waals surface area contributed by atoms with Crippen molar-refractivity contribution in [1.29, 1.82) is 0 Å². The molecule has 2 aromatic rings. The summed E-state index contributed by atoms with van der Waals surface area (Å²) < 4.78 is 13.2. The average Bonchev–Trinajstić information content (AvgIpc) is 2.47. The highest BCUT2D eigenvalue weighted by molar-refractivity contribution is 6.89. The van der Waals surface area contributed by atoms with Gasteiger partial charge >= 0.3 is 0 Å². The Morgan fingerprint density at radius 2 is 1.64 bits per heavy atom. The molecule has 2 rings (SSSR count). The summed E-state index contributed by atoms with van der Waals surface area (Å²) >= 11 is 0. The molecular weight excluding hydrogens is 287 g/mol. The first-order chi connectivity index (χ1) is 10.4. The molecule has 0 aliphatic heterocycles. The van der Waals surface area contributed by atoms with Crippen molar-refractivity contribution in [1.82, 2.24) is 0 Å². The van der Waals surface area contributed by atoms with Gasteiger partial charge in [-0.1, -0.05) is 66.3 Å². The summed E-state index contributed by atoms with van der Waals surface area (Å²) in [7, 11) is -1.54. The van der Waals surface area contributed by atoms with Gasteiger partial charge in [0.25, 0.3) is 0 Å². The van der Waals surface area contributed by atoms with Gasteiger partial charge in [0.2, 0.25) is 0 Å². The predicted molar refractivity (Wildman–Crippen MR) is 96.9 cm³/mol. The first-order valence-corrected chi connectivity index (χ1v) is 11.0. The van der Waals surface area contributed by atoms with E-state index in [-0.39, 0.29) is 5.82 Å². The Hall–Kier alpha value is -1.67. The molecule has 0 fully saturated rings. The Morgan fingerprint density at radius 3 is 2.18 bits per heavy atom. The fourth-order valence-electron chi connectivity index (χ4n) is 3.09. The molecule has 1 atom stereocenters. The smallest absolute Gasteiger partial charge is 0.123 e. The zero-order chi connectivity index (χ0) is 16.2. The third kappa shape index (κ3) is 4.41. The third-order valence-electron chi connectivity index (χ3n) is 4.25. The monoisotopic (exact) mass is 312 g/mol. The standard InChI is InChI=1S/C20H25FSi/c1-16(2)14-18(17-10-12-19(21)13-11-17)15-22(3,4)20-8-6-5-7-9-20/h5-13,18H,1,14-15H2,2-4H3. The van der Waals surface area contributed by atoms with Crippen molar-refractivity contribution >= 4 is 13.3 Å². The van der Waals surface area contributed by atoms with Gasteiger partial charge in [0, 0.05) is 0 Å². The summed E-state index contributed by atoms with van der Waals surface area (Å²) in [4.78, 5) is 0. The zero-order valence-electron chi connectivity index (χ0n) is 13.8. The van der Waals surface area contributed by atoms with Crippen LogP contribution >= 0.6 is 0 Å². The molecule has 0 aliphatic carbocycles. The minimum absolute atomic E-state index is 0.169. The van der Waals surface area contributed by atoms with Crippen molar-refractivity contribution in [3.63, 3.8) is 0 Å². The highest BCUT2D eigenvalue weighted by Gasteiger charge is 2.28. The second kappa shape index (κ2) is 7.06. The zero-order valence-corrected chi connectivity index (χ0v) is 14.8. The minimum Gasteiger partial charge on any atom is -0.207 e. The van der Waals surface area contributed by atoms with Gasteiger partial charge in [-0.15, -0.1) is 6.58 Å². The van der Waals surface area contributed by atoms with Crippen LogP contribution in [-0.4, -0.2) is 8.07 Å². The van der Waals surface area contributed by atoms with Crippen LogP contribution in [0.1, 0.15) is 24.8 Å². The summed E-state index contributed by atoms with van der Waals surface area (Å²) in [5, 5.41) is 1.48. The summed E-state index contributed by atoms with van der Waals surface area (Å²) in [6.07, 6.45) is 0.967. The number of benzene rings is 2. The Kier molecular flexibility index (Phi) is 5.36. The number of allylic oxidation sites excluding steroid dienone is 1. The highest BCUT2D eigenvalue weighted by Crippen LogP contribution is 2.32. The molecule has 22 heavy (non-hydrogen) atoms. The number of halogens is 1. The van der Waals surface area contributed by atoms with Crippen LogP contribution in [0.4, 0.5) is 4.39 Å². The van der Waals surface area contributed by atoms with Crippen LogP contribution < -0.4 is 5.19 Å². The molecule has 2 aromatic carbocycles.